The molecule has 0 unspecified atom stereocenters. The van der Waals surface area contributed by atoms with Gasteiger partial charge in [0.2, 0.25) is 0 Å². The highest BCUT2D eigenvalue weighted by Crippen LogP contribution is 2.29. The van der Waals surface area contributed by atoms with Gasteiger partial charge in [-0.1, -0.05) is 18.2 Å². The van der Waals surface area contributed by atoms with E-state index in [1.807, 2.05) is 0 Å². The van der Waals surface area contributed by atoms with E-state index in [9.17, 15) is 18.4 Å². The summed E-state index contributed by atoms with van der Waals surface area (Å²) in [6.45, 7) is -3.02. The van der Waals surface area contributed by atoms with Crippen molar-refractivity contribution < 1.29 is 27.8 Å². The molecule has 3 aromatic rings. The molecule has 0 bridgehead atoms. The Kier molecular flexibility index (Phi) is 7.26. The zero-order valence-corrected chi connectivity index (χ0v) is 18.2. The number of carbonyl (C=O) groups excluding carboxylic acids is 1. The maximum Gasteiger partial charge on any atom is 0.387 e. The van der Waals surface area contributed by atoms with Crippen LogP contribution >= 0.6 is 11.3 Å². The Morgan fingerprint density at radius 2 is 1.81 bits per heavy atom. The summed E-state index contributed by atoms with van der Waals surface area (Å²) in [4.78, 5) is 25.1. The number of ether oxygens (including phenoxy) is 3. The molecule has 1 amide bonds. The molecule has 7 nitrogen and oxygen atoms in total. The lowest BCUT2D eigenvalue weighted by Gasteiger charge is -2.10. The first-order chi connectivity index (χ1) is 15.3. The van der Waals surface area contributed by atoms with Gasteiger partial charge in [0, 0.05) is 13.1 Å². The summed E-state index contributed by atoms with van der Waals surface area (Å²) in [5.41, 5.74) is 0.623. The summed E-state index contributed by atoms with van der Waals surface area (Å²) in [5.74, 6) is 0.0656. The molecule has 32 heavy (non-hydrogen) atoms. The molecule has 0 radical (unpaired) electrons. The smallest absolute Gasteiger partial charge is 0.387 e. The van der Waals surface area contributed by atoms with E-state index in [1.54, 1.807) is 30.3 Å². The minimum Gasteiger partial charge on any atom is -0.495 e. The van der Waals surface area contributed by atoms with Crippen molar-refractivity contribution in [2.24, 2.45) is 7.05 Å². The zero-order chi connectivity index (χ0) is 23.3. The van der Waals surface area contributed by atoms with Crippen LogP contribution in [0.15, 0.2) is 47.3 Å². The van der Waals surface area contributed by atoms with Crippen molar-refractivity contribution in [2.75, 3.05) is 19.5 Å². The van der Waals surface area contributed by atoms with Crippen LogP contribution in [0, 0.1) is 0 Å². The fraction of sp³-hybridized carbons (Fsp3) is 0.182. The van der Waals surface area contributed by atoms with Crippen LogP contribution in [0.2, 0.25) is 0 Å². The average Bonchev–Trinajstić information content (AvgIpc) is 3.01. The maximum atomic E-state index is 12.7. The predicted molar refractivity (Wildman–Crippen MR) is 118 cm³/mol. The molecule has 1 N–H and O–H groups in total. The van der Waals surface area contributed by atoms with Crippen LogP contribution in [0.4, 0.5) is 14.5 Å². The number of nitrogens with zero attached hydrogens (tertiary/aromatic N) is 1. The maximum absolute atomic E-state index is 12.7. The number of carbonyl (C=O) groups is 1. The summed E-state index contributed by atoms with van der Waals surface area (Å²) in [6, 6.07) is 11.4. The lowest BCUT2D eigenvalue weighted by molar-refractivity contribution is -0.110. The number of hydrogen-bond acceptors (Lipinski definition) is 6. The molecule has 0 aliphatic heterocycles. The summed E-state index contributed by atoms with van der Waals surface area (Å²) >= 11 is 1.09. The van der Waals surface area contributed by atoms with Crippen molar-refractivity contribution in [3.63, 3.8) is 0 Å². The number of alkyl halides is 2. The Bertz CT molecular complexity index is 1300. The van der Waals surface area contributed by atoms with Gasteiger partial charge in [0.15, 0.2) is 11.5 Å². The number of aromatic nitrogens is 1. The number of amides is 1. The molecule has 0 aliphatic rings. The van der Waals surface area contributed by atoms with Gasteiger partial charge in [-0.25, -0.2) is 0 Å². The van der Waals surface area contributed by atoms with Gasteiger partial charge in [-0.3, -0.25) is 9.59 Å². The van der Waals surface area contributed by atoms with E-state index in [4.69, 9.17) is 9.47 Å². The molecule has 168 valence electrons. The molecule has 1 aromatic heterocycles. The van der Waals surface area contributed by atoms with Crippen molar-refractivity contribution in [1.29, 1.82) is 0 Å². The van der Waals surface area contributed by atoms with E-state index in [0.29, 0.717) is 26.2 Å². The van der Waals surface area contributed by atoms with Gasteiger partial charge in [-0.15, -0.1) is 11.3 Å². The third kappa shape index (κ3) is 5.33. The van der Waals surface area contributed by atoms with Crippen LogP contribution in [-0.4, -0.2) is 31.3 Å². The highest BCUT2D eigenvalue weighted by Gasteiger charge is 2.11. The number of rotatable bonds is 7. The number of nitrogens with one attached hydrogen (secondary N) is 1. The SMILES string of the molecule is COc1ccccc1NC(=O)/C=c1/s/c(=C\c2ccc(OC)c(OC(F)F)c2)c(=O)n1C. The number of methoxy groups -OCH3 is 2. The van der Waals surface area contributed by atoms with Crippen LogP contribution in [0.1, 0.15) is 5.56 Å². The van der Waals surface area contributed by atoms with Gasteiger partial charge < -0.3 is 24.1 Å². The van der Waals surface area contributed by atoms with Gasteiger partial charge in [0.05, 0.1) is 24.4 Å². The second-order valence-electron chi connectivity index (χ2n) is 6.44. The molecular weight excluding hydrogens is 442 g/mol. The molecule has 0 aliphatic carbocycles. The molecule has 0 spiro atoms. The van der Waals surface area contributed by atoms with Crippen LogP contribution in [0.5, 0.6) is 17.2 Å². The molecule has 10 heteroatoms. The number of thiazole rings is 1. The summed E-state index contributed by atoms with van der Waals surface area (Å²) in [5, 5.41) is 2.71. The molecule has 1 heterocycles. The van der Waals surface area contributed by atoms with Crippen molar-refractivity contribution in [1.82, 2.24) is 4.57 Å². The standard InChI is InChI=1S/C22H20F2N2O5S/c1-26-20(12-19(27)25-14-6-4-5-7-15(14)29-2)32-18(21(26)28)11-13-8-9-16(30-3)17(10-13)31-22(23)24/h4-12,22H,1-3H3,(H,25,27)/b18-11-,20-12+. The first-order valence-corrected chi connectivity index (χ1v) is 10.1. The molecule has 0 fully saturated rings. The molecule has 0 saturated heterocycles. The highest BCUT2D eigenvalue weighted by molar-refractivity contribution is 7.07. The number of anilines is 1. The summed E-state index contributed by atoms with van der Waals surface area (Å²) in [6.07, 6.45) is 2.83. The van der Waals surface area contributed by atoms with Crippen molar-refractivity contribution in [3.05, 3.63) is 67.6 Å². The molecule has 0 saturated carbocycles. The summed E-state index contributed by atoms with van der Waals surface area (Å²) < 4.78 is 42.1. The number of benzene rings is 2. The Morgan fingerprint density at radius 3 is 2.50 bits per heavy atom. The number of hydrogen-bond donors (Lipinski definition) is 1. The highest BCUT2D eigenvalue weighted by atomic mass is 32.1. The Labute approximate surface area is 185 Å². The fourth-order valence-corrected chi connectivity index (χ4v) is 3.89. The summed E-state index contributed by atoms with van der Waals surface area (Å²) in [7, 11) is 4.37. The number of halogens is 2. The first-order valence-electron chi connectivity index (χ1n) is 9.28. The molecule has 3 rings (SSSR count). The van der Waals surface area contributed by atoms with Crippen LogP contribution < -0.4 is 34.3 Å². The van der Waals surface area contributed by atoms with Gasteiger partial charge in [-0.2, -0.15) is 8.78 Å². The Balaban J connectivity index is 1.95. The lowest BCUT2D eigenvalue weighted by atomic mass is 10.2. The topological polar surface area (TPSA) is 78.8 Å². The average molecular weight is 462 g/mol. The van der Waals surface area contributed by atoms with Gasteiger partial charge in [0.1, 0.15) is 10.4 Å². The molecular formula is C22H20F2N2O5S. The van der Waals surface area contributed by atoms with E-state index in [2.05, 4.69) is 10.1 Å². The third-order valence-electron chi connectivity index (χ3n) is 4.38. The van der Waals surface area contributed by atoms with Gasteiger partial charge in [-0.05, 0) is 35.9 Å². The lowest BCUT2D eigenvalue weighted by Crippen LogP contribution is -2.29. The Morgan fingerprint density at radius 1 is 1.09 bits per heavy atom. The van der Waals surface area contributed by atoms with Crippen LogP contribution in [0.25, 0.3) is 12.2 Å². The fourth-order valence-electron chi connectivity index (χ4n) is 2.86. The molecule has 2 aromatic carbocycles. The van der Waals surface area contributed by atoms with Crippen molar-refractivity contribution >= 4 is 35.1 Å². The third-order valence-corrected chi connectivity index (χ3v) is 5.49. The van der Waals surface area contributed by atoms with E-state index < -0.39 is 12.5 Å². The van der Waals surface area contributed by atoms with E-state index in [1.165, 1.54) is 50.1 Å². The van der Waals surface area contributed by atoms with E-state index in [0.717, 1.165) is 11.3 Å². The zero-order valence-electron chi connectivity index (χ0n) is 17.4. The second kappa shape index (κ2) is 10.1. The van der Waals surface area contributed by atoms with Gasteiger partial charge >= 0.3 is 6.61 Å². The van der Waals surface area contributed by atoms with Crippen molar-refractivity contribution in [3.8, 4) is 17.2 Å². The number of para-hydroxylation sites is 2. The Hall–Kier alpha value is -3.66. The van der Waals surface area contributed by atoms with E-state index >= 15 is 0 Å². The first kappa shape index (κ1) is 23.0. The van der Waals surface area contributed by atoms with Crippen LogP contribution in [-0.2, 0) is 11.8 Å². The minimum absolute atomic E-state index is 0.142. The largest absolute Gasteiger partial charge is 0.495 e. The van der Waals surface area contributed by atoms with Crippen LogP contribution in [0.3, 0.4) is 0 Å². The quantitative estimate of drug-likeness (QED) is 0.583. The van der Waals surface area contributed by atoms with Crippen molar-refractivity contribution in [2.45, 2.75) is 6.61 Å². The normalized spacial score (nSPS) is 12.2. The van der Waals surface area contributed by atoms with E-state index in [-0.39, 0.29) is 17.1 Å². The monoisotopic (exact) mass is 462 g/mol. The predicted octanol–water partition coefficient (Wildman–Crippen LogP) is 2.31. The second-order valence-corrected chi connectivity index (χ2v) is 7.50. The molecule has 0 atom stereocenters. The van der Waals surface area contributed by atoms with Gasteiger partial charge in [0.25, 0.3) is 11.5 Å². The minimum atomic E-state index is -3.02.